The Labute approximate surface area is 82.9 Å². The largest absolute Gasteiger partial charge is 0.502 e. The molecule has 0 amide bonds. The van der Waals surface area contributed by atoms with Gasteiger partial charge >= 0.3 is 0 Å². The van der Waals surface area contributed by atoms with Crippen LogP contribution in [0.25, 0.3) is 6.08 Å². The first-order chi connectivity index (χ1) is 6.18. The summed E-state index contributed by atoms with van der Waals surface area (Å²) in [5.41, 5.74) is 1.22. The van der Waals surface area contributed by atoms with Crippen LogP contribution in [0.1, 0.15) is 19.4 Å². The Bertz CT molecular complexity index is 277. The Kier molecular flexibility index (Phi) is 3.77. The van der Waals surface area contributed by atoms with E-state index in [0.29, 0.717) is 0 Å². The van der Waals surface area contributed by atoms with E-state index in [-0.39, 0.29) is 6.10 Å². The third-order valence-electron chi connectivity index (χ3n) is 1.59. The highest BCUT2D eigenvalue weighted by Gasteiger charge is 1.94. The summed E-state index contributed by atoms with van der Waals surface area (Å²) in [4.78, 5) is 0. The lowest BCUT2D eigenvalue weighted by atomic mass is 10.2. The summed E-state index contributed by atoms with van der Waals surface area (Å²) in [6.45, 7) is 4.10. The first-order valence-corrected chi connectivity index (χ1v) is 5.58. The van der Waals surface area contributed by atoms with E-state index in [0.717, 1.165) is 15.6 Å². The highest BCUT2D eigenvalue weighted by Crippen LogP contribution is 2.06. The van der Waals surface area contributed by atoms with Crippen molar-refractivity contribution < 1.29 is 4.74 Å². The molecule has 0 unspecified atom stereocenters. The fourth-order valence-electron chi connectivity index (χ4n) is 1.19. The predicted molar refractivity (Wildman–Crippen MR) is 60.6 cm³/mol. The summed E-state index contributed by atoms with van der Waals surface area (Å²) >= 11 is 0. The zero-order valence-electron chi connectivity index (χ0n) is 8.45. The standard InChI is InChI=1S/C11H16OSi/c1-9(2)12-11(13)8-10-6-4-3-5-7-10/h3-9H,1-2,13H3. The van der Waals surface area contributed by atoms with Gasteiger partial charge in [-0.1, -0.05) is 30.3 Å². The van der Waals surface area contributed by atoms with Crippen LogP contribution in [0.4, 0.5) is 0 Å². The van der Waals surface area contributed by atoms with E-state index < -0.39 is 0 Å². The van der Waals surface area contributed by atoms with Crippen molar-refractivity contribution in [2.75, 3.05) is 0 Å². The van der Waals surface area contributed by atoms with Crippen LogP contribution in [-0.4, -0.2) is 16.3 Å². The Morgan fingerprint density at radius 1 is 1.31 bits per heavy atom. The van der Waals surface area contributed by atoms with E-state index in [9.17, 15) is 0 Å². The molecule has 0 aliphatic carbocycles. The van der Waals surface area contributed by atoms with Gasteiger partial charge in [-0.25, -0.2) is 0 Å². The van der Waals surface area contributed by atoms with Gasteiger partial charge in [0.2, 0.25) is 0 Å². The van der Waals surface area contributed by atoms with Crippen molar-refractivity contribution in [3.8, 4) is 0 Å². The molecule has 1 rings (SSSR count). The first-order valence-electron chi connectivity index (χ1n) is 4.58. The summed E-state index contributed by atoms with van der Waals surface area (Å²) in [6, 6.07) is 10.3. The molecule has 0 aromatic heterocycles. The minimum absolute atomic E-state index is 0.285. The second kappa shape index (κ2) is 4.87. The molecule has 0 saturated heterocycles. The molecule has 1 aromatic rings. The van der Waals surface area contributed by atoms with Crippen molar-refractivity contribution in [3.63, 3.8) is 0 Å². The highest BCUT2D eigenvalue weighted by molar-refractivity contribution is 6.22. The maximum atomic E-state index is 5.58. The van der Waals surface area contributed by atoms with E-state index in [1.165, 1.54) is 5.56 Å². The van der Waals surface area contributed by atoms with Gasteiger partial charge in [0, 0.05) is 0 Å². The predicted octanol–water partition coefficient (Wildman–Crippen LogP) is 1.78. The molecule has 0 radical (unpaired) electrons. The zero-order valence-corrected chi connectivity index (χ0v) is 10.4. The van der Waals surface area contributed by atoms with Crippen LogP contribution in [0, 0.1) is 0 Å². The highest BCUT2D eigenvalue weighted by atomic mass is 28.1. The molecule has 1 nitrogen and oxygen atoms in total. The third kappa shape index (κ3) is 3.94. The molecule has 0 bridgehead atoms. The molecule has 0 spiro atoms. The smallest absolute Gasteiger partial charge is 0.0919 e. The molecule has 13 heavy (non-hydrogen) atoms. The molecule has 70 valence electrons. The van der Waals surface area contributed by atoms with Gasteiger partial charge in [-0.2, -0.15) is 0 Å². The molecule has 0 aliphatic rings. The van der Waals surface area contributed by atoms with Gasteiger partial charge in [0.15, 0.2) is 0 Å². The maximum absolute atomic E-state index is 5.58. The lowest BCUT2D eigenvalue weighted by Crippen LogP contribution is -2.01. The van der Waals surface area contributed by atoms with Crippen LogP contribution >= 0.6 is 0 Å². The second-order valence-corrected chi connectivity index (χ2v) is 4.32. The minimum atomic E-state index is 0.285. The Morgan fingerprint density at radius 3 is 2.46 bits per heavy atom. The Hall–Kier alpha value is -1.02. The summed E-state index contributed by atoms with van der Waals surface area (Å²) in [5.74, 6) is 0. The summed E-state index contributed by atoms with van der Waals surface area (Å²) < 4.78 is 5.58. The van der Waals surface area contributed by atoms with Crippen molar-refractivity contribution in [2.24, 2.45) is 0 Å². The van der Waals surface area contributed by atoms with Crippen molar-refractivity contribution in [2.45, 2.75) is 20.0 Å². The monoisotopic (exact) mass is 192 g/mol. The lowest BCUT2D eigenvalue weighted by molar-refractivity contribution is 0.170. The molecule has 0 saturated carbocycles. The molecule has 0 fully saturated rings. The normalized spacial score (nSPS) is 12.1. The van der Waals surface area contributed by atoms with Crippen molar-refractivity contribution in [1.82, 2.24) is 0 Å². The Morgan fingerprint density at radius 2 is 1.92 bits per heavy atom. The van der Waals surface area contributed by atoms with Crippen molar-refractivity contribution in [3.05, 3.63) is 41.3 Å². The van der Waals surface area contributed by atoms with Crippen LogP contribution < -0.4 is 0 Å². The molecular formula is C11H16OSi. The number of benzene rings is 1. The first kappa shape index (κ1) is 10.1. The van der Waals surface area contributed by atoms with E-state index in [4.69, 9.17) is 4.74 Å². The van der Waals surface area contributed by atoms with Crippen LogP contribution in [0.15, 0.2) is 35.7 Å². The van der Waals surface area contributed by atoms with Gasteiger partial charge in [-0.05, 0) is 25.5 Å². The van der Waals surface area contributed by atoms with Gasteiger partial charge in [0.1, 0.15) is 0 Å². The van der Waals surface area contributed by atoms with Crippen LogP contribution in [0.3, 0.4) is 0 Å². The summed E-state index contributed by atoms with van der Waals surface area (Å²) in [6.07, 6.45) is 2.39. The van der Waals surface area contributed by atoms with Crippen LogP contribution in [-0.2, 0) is 4.74 Å². The molecule has 1 aromatic carbocycles. The maximum Gasteiger partial charge on any atom is 0.0919 e. The number of hydrogen-bond acceptors (Lipinski definition) is 1. The third-order valence-corrected chi connectivity index (χ3v) is 2.12. The van der Waals surface area contributed by atoms with Crippen molar-refractivity contribution >= 4 is 16.3 Å². The fraction of sp³-hybridized carbons (Fsp3) is 0.273. The lowest BCUT2D eigenvalue weighted by Gasteiger charge is -2.09. The quantitative estimate of drug-likeness (QED) is 0.524. The number of hydrogen-bond donors (Lipinski definition) is 0. The fourth-order valence-corrected chi connectivity index (χ4v) is 1.99. The molecule has 0 aliphatic heterocycles. The SMILES string of the molecule is CC(C)OC([SiH3])=Cc1ccccc1. The van der Waals surface area contributed by atoms with Crippen molar-refractivity contribution in [1.29, 1.82) is 0 Å². The minimum Gasteiger partial charge on any atom is -0.502 e. The molecular weight excluding hydrogens is 176 g/mol. The molecule has 0 atom stereocenters. The van der Waals surface area contributed by atoms with Crippen LogP contribution in [0.5, 0.6) is 0 Å². The topological polar surface area (TPSA) is 9.23 Å². The van der Waals surface area contributed by atoms with Gasteiger partial charge in [-0.15, -0.1) is 0 Å². The molecule has 0 heterocycles. The summed E-state index contributed by atoms with van der Waals surface area (Å²) in [5, 5.41) is 1.10. The average Bonchev–Trinajstić information content (AvgIpc) is 2.04. The van der Waals surface area contributed by atoms with Gasteiger partial charge in [0.05, 0.1) is 21.7 Å². The number of rotatable bonds is 3. The molecule has 2 heteroatoms. The summed E-state index contributed by atoms with van der Waals surface area (Å²) in [7, 11) is 0.961. The Balaban J connectivity index is 2.66. The van der Waals surface area contributed by atoms with Gasteiger partial charge in [-0.3, -0.25) is 0 Å². The van der Waals surface area contributed by atoms with Gasteiger partial charge < -0.3 is 4.74 Å². The molecule has 0 N–H and O–H groups in total. The van der Waals surface area contributed by atoms with Crippen LogP contribution in [0.2, 0.25) is 0 Å². The van der Waals surface area contributed by atoms with E-state index in [1.807, 2.05) is 18.2 Å². The van der Waals surface area contributed by atoms with E-state index >= 15 is 0 Å². The number of ether oxygens (including phenoxy) is 1. The van der Waals surface area contributed by atoms with Gasteiger partial charge in [0.25, 0.3) is 0 Å². The average molecular weight is 192 g/mol. The van der Waals surface area contributed by atoms with E-state index in [2.05, 4.69) is 32.1 Å². The zero-order chi connectivity index (χ0) is 9.68. The van der Waals surface area contributed by atoms with E-state index in [1.54, 1.807) is 0 Å². The second-order valence-electron chi connectivity index (χ2n) is 3.33.